The molecule has 0 aliphatic rings. The summed E-state index contributed by atoms with van der Waals surface area (Å²) in [5, 5.41) is 0. The third-order valence-corrected chi connectivity index (χ3v) is 1.99. The van der Waals surface area contributed by atoms with E-state index in [0.717, 1.165) is 12.0 Å². The summed E-state index contributed by atoms with van der Waals surface area (Å²) in [4.78, 5) is 0. The molecule has 0 aliphatic carbocycles. The second-order valence-corrected chi connectivity index (χ2v) is 2.76. The normalized spacial score (nSPS) is 9.08. The van der Waals surface area contributed by atoms with Crippen LogP contribution in [0.3, 0.4) is 0 Å². The van der Waals surface area contributed by atoms with Gasteiger partial charge in [0, 0.05) is 5.56 Å². The number of hydrogen-bond acceptors (Lipinski definition) is 1. The summed E-state index contributed by atoms with van der Waals surface area (Å²) in [5.41, 5.74) is 5.10. The Hall–Kier alpha value is -1.46. The lowest BCUT2D eigenvalue weighted by molar-refractivity contribution is 0.371. The van der Waals surface area contributed by atoms with Gasteiger partial charge in [-0.1, -0.05) is 43.5 Å². The molecule has 1 aromatic carbocycles. The molecule has 0 atom stereocenters. The summed E-state index contributed by atoms with van der Waals surface area (Å²) in [6.45, 7) is 5.70. The van der Waals surface area contributed by atoms with Crippen LogP contribution in [0.25, 0.3) is 5.76 Å². The topological polar surface area (TPSA) is 9.23 Å². The maximum atomic E-state index is 5.10. The van der Waals surface area contributed by atoms with E-state index in [1.54, 1.807) is 7.11 Å². The van der Waals surface area contributed by atoms with E-state index < -0.39 is 0 Å². The van der Waals surface area contributed by atoms with Crippen molar-refractivity contribution in [3.05, 3.63) is 47.7 Å². The van der Waals surface area contributed by atoms with Gasteiger partial charge in [-0.25, -0.2) is 0 Å². The second-order valence-electron chi connectivity index (χ2n) is 2.76. The highest BCUT2D eigenvalue weighted by Gasteiger charge is 1.98. The molecule has 0 amide bonds. The number of methoxy groups -OCH3 is 1. The van der Waals surface area contributed by atoms with E-state index >= 15 is 0 Å². The average molecular weight is 174 g/mol. The van der Waals surface area contributed by atoms with Gasteiger partial charge in [-0.3, -0.25) is 0 Å². The lowest BCUT2D eigenvalue weighted by Crippen LogP contribution is -1.86. The first-order chi connectivity index (χ1) is 6.31. The Bertz CT molecular complexity index is 315. The highest BCUT2D eigenvalue weighted by atomic mass is 16.5. The van der Waals surface area contributed by atoms with Crippen molar-refractivity contribution in [1.82, 2.24) is 0 Å². The Morgan fingerprint density at radius 1 is 1.38 bits per heavy atom. The summed E-state index contributed by atoms with van der Waals surface area (Å²) in [6.07, 6.45) is 1.06. The Kier molecular flexibility index (Phi) is 3.36. The van der Waals surface area contributed by atoms with Gasteiger partial charge < -0.3 is 4.74 Å². The van der Waals surface area contributed by atoms with Crippen LogP contribution in [0.15, 0.2) is 36.6 Å². The summed E-state index contributed by atoms with van der Waals surface area (Å²) in [6, 6.07) is 8.23. The molecule has 0 heterocycles. The number of benzene rings is 1. The second kappa shape index (κ2) is 4.54. The number of ether oxygens (including phenoxy) is 1. The minimum Gasteiger partial charge on any atom is -0.489 e. The molecule has 1 heteroatoms. The molecule has 0 unspecified atom stereocenters. The van der Waals surface area contributed by atoms with Crippen molar-refractivity contribution in [3.63, 3.8) is 0 Å². The van der Waals surface area contributed by atoms with E-state index in [9.17, 15) is 0 Å². The van der Waals surface area contributed by atoms with Crippen molar-refractivity contribution in [1.29, 1.82) is 0 Å². The molecule has 1 aromatic rings. The predicted molar refractivity (Wildman–Crippen MR) is 55.4 cm³/mol. The number of rotatable bonds is 3. The molecule has 0 aliphatic heterocycles. The van der Waals surface area contributed by atoms with Crippen molar-refractivity contribution in [2.45, 2.75) is 13.3 Å². The van der Waals surface area contributed by atoms with Crippen molar-refractivity contribution in [3.8, 4) is 0 Å². The summed E-state index contributed by atoms with van der Waals surface area (Å²) < 4.78 is 5.10. The largest absolute Gasteiger partial charge is 0.489 e. The highest BCUT2D eigenvalue weighted by molar-refractivity contribution is 5.58. The van der Waals surface area contributed by atoms with Crippen LogP contribution in [0, 0.1) is 0 Å². The third kappa shape index (κ3) is 2.24. The zero-order valence-corrected chi connectivity index (χ0v) is 8.13. The smallest absolute Gasteiger partial charge is 0.168 e. The van der Waals surface area contributed by atoms with Gasteiger partial charge in [-0.05, 0) is 12.0 Å². The first-order valence-electron chi connectivity index (χ1n) is 4.35. The van der Waals surface area contributed by atoms with Gasteiger partial charge in [0.05, 0.1) is 7.11 Å². The maximum Gasteiger partial charge on any atom is 0.168 e. The monoisotopic (exact) mass is 174 g/mol. The molecule has 0 spiro atoms. The lowest BCUT2D eigenvalue weighted by Gasteiger charge is -2.03. The summed E-state index contributed by atoms with van der Waals surface area (Å²) in [5.74, 6) is 0.697. The molecule has 0 radical (unpaired) electrons. The van der Waals surface area contributed by atoms with Crippen molar-refractivity contribution >= 4 is 5.76 Å². The van der Waals surface area contributed by atoms with Crippen molar-refractivity contribution < 1.29 is 4.74 Å². The molecule has 13 heavy (non-hydrogen) atoms. The van der Waals surface area contributed by atoms with E-state index in [2.05, 4.69) is 31.4 Å². The highest BCUT2D eigenvalue weighted by Crippen LogP contribution is 2.14. The van der Waals surface area contributed by atoms with Crippen LogP contribution in [0.4, 0.5) is 0 Å². The van der Waals surface area contributed by atoms with Gasteiger partial charge in [0.1, 0.15) is 0 Å². The molecule has 0 saturated carbocycles. The van der Waals surface area contributed by atoms with E-state index in [-0.39, 0.29) is 0 Å². The Labute approximate surface area is 79.4 Å². The standard InChI is InChI=1S/C12H14O/c1-4-10-6-8-11(9-7-10)12(5-2)13-3/h6-9H,2,4H2,1,3H3. The van der Waals surface area contributed by atoms with Gasteiger partial charge in [0.15, 0.2) is 5.76 Å². The molecule has 0 N–H and O–H groups in total. The van der Waals surface area contributed by atoms with Gasteiger partial charge >= 0.3 is 0 Å². The van der Waals surface area contributed by atoms with Crippen LogP contribution < -0.4 is 0 Å². The molecule has 0 bridgehead atoms. The summed E-state index contributed by atoms with van der Waals surface area (Å²) in [7, 11) is 1.63. The van der Waals surface area contributed by atoms with E-state index in [1.165, 1.54) is 5.56 Å². The van der Waals surface area contributed by atoms with Crippen molar-refractivity contribution in [2.75, 3.05) is 7.11 Å². The lowest BCUT2D eigenvalue weighted by atomic mass is 10.1. The first-order valence-corrected chi connectivity index (χ1v) is 4.35. The van der Waals surface area contributed by atoms with Gasteiger partial charge in [0.25, 0.3) is 0 Å². The Morgan fingerprint density at radius 3 is 2.38 bits per heavy atom. The predicted octanol–water partition coefficient (Wildman–Crippen LogP) is 3.02. The maximum absolute atomic E-state index is 5.10. The fourth-order valence-corrected chi connectivity index (χ4v) is 1.18. The number of aryl methyl sites for hydroxylation is 1. The molecule has 1 rings (SSSR count). The fraction of sp³-hybridized carbons (Fsp3) is 0.250. The molecule has 68 valence electrons. The minimum atomic E-state index is 0.697. The first kappa shape index (κ1) is 9.63. The average Bonchev–Trinajstić information content (AvgIpc) is 2.21. The van der Waals surface area contributed by atoms with Crippen LogP contribution in [0.1, 0.15) is 18.1 Å². The zero-order valence-electron chi connectivity index (χ0n) is 8.13. The fourth-order valence-electron chi connectivity index (χ4n) is 1.18. The van der Waals surface area contributed by atoms with Crippen molar-refractivity contribution in [2.24, 2.45) is 0 Å². The van der Waals surface area contributed by atoms with E-state index in [0.29, 0.717) is 5.76 Å². The Morgan fingerprint density at radius 2 is 2.00 bits per heavy atom. The van der Waals surface area contributed by atoms with Crippen LogP contribution in [0.5, 0.6) is 0 Å². The van der Waals surface area contributed by atoms with E-state index in [4.69, 9.17) is 4.74 Å². The van der Waals surface area contributed by atoms with Gasteiger partial charge in [-0.2, -0.15) is 0 Å². The molecule has 0 aromatic heterocycles. The SMILES string of the molecule is C=C=C(OC)c1ccc(CC)cc1. The quantitative estimate of drug-likeness (QED) is 0.505. The zero-order chi connectivity index (χ0) is 9.68. The molecule has 0 fully saturated rings. The van der Waals surface area contributed by atoms with Gasteiger partial charge in [-0.15, -0.1) is 0 Å². The molecular weight excluding hydrogens is 160 g/mol. The molecular formula is C12H14O. The van der Waals surface area contributed by atoms with Gasteiger partial charge in [0.2, 0.25) is 0 Å². The van der Waals surface area contributed by atoms with Crippen LogP contribution in [0.2, 0.25) is 0 Å². The van der Waals surface area contributed by atoms with Crippen LogP contribution in [-0.4, -0.2) is 7.11 Å². The summed E-state index contributed by atoms with van der Waals surface area (Å²) >= 11 is 0. The minimum absolute atomic E-state index is 0.697. The third-order valence-electron chi connectivity index (χ3n) is 1.99. The molecule has 1 nitrogen and oxygen atoms in total. The molecule has 0 saturated heterocycles. The van der Waals surface area contributed by atoms with E-state index in [1.807, 2.05) is 12.1 Å². The Balaban J connectivity index is 2.98. The number of hydrogen-bond donors (Lipinski definition) is 0. The van der Waals surface area contributed by atoms with Crippen LogP contribution in [-0.2, 0) is 11.2 Å². The van der Waals surface area contributed by atoms with Crippen LogP contribution >= 0.6 is 0 Å².